The molecular formula is C14H19NO. The van der Waals surface area contributed by atoms with E-state index in [1.165, 1.54) is 5.56 Å². The minimum absolute atomic E-state index is 0.650. The summed E-state index contributed by atoms with van der Waals surface area (Å²) < 4.78 is 5.30. The van der Waals surface area contributed by atoms with Crippen molar-refractivity contribution in [2.24, 2.45) is 0 Å². The first-order chi connectivity index (χ1) is 7.69. The summed E-state index contributed by atoms with van der Waals surface area (Å²) in [6.07, 6.45) is 3.82. The SMILES string of the molecule is C/C=C(/CCc1ccccc1OC)C(C)=N. The predicted molar refractivity (Wildman–Crippen MR) is 68.5 cm³/mol. The molecule has 0 atom stereocenters. The van der Waals surface area contributed by atoms with E-state index in [4.69, 9.17) is 10.1 Å². The van der Waals surface area contributed by atoms with Gasteiger partial charge in [0.2, 0.25) is 0 Å². The molecule has 0 aliphatic heterocycles. The van der Waals surface area contributed by atoms with Crippen molar-refractivity contribution in [3.05, 3.63) is 41.5 Å². The first-order valence-electron chi connectivity index (χ1n) is 5.51. The van der Waals surface area contributed by atoms with Crippen molar-refractivity contribution in [3.8, 4) is 5.75 Å². The summed E-state index contributed by atoms with van der Waals surface area (Å²) in [4.78, 5) is 0. The second-order valence-corrected chi connectivity index (χ2v) is 3.75. The lowest BCUT2D eigenvalue weighted by Gasteiger charge is -2.09. The molecule has 0 aliphatic carbocycles. The van der Waals surface area contributed by atoms with Gasteiger partial charge in [0, 0.05) is 5.71 Å². The zero-order valence-electron chi connectivity index (χ0n) is 10.2. The Morgan fingerprint density at radius 1 is 1.38 bits per heavy atom. The Balaban J connectivity index is 2.71. The zero-order chi connectivity index (χ0) is 12.0. The van der Waals surface area contributed by atoms with Crippen molar-refractivity contribution in [1.82, 2.24) is 0 Å². The van der Waals surface area contributed by atoms with Crippen LogP contribution in [0.5, 0.6) is 5.75 Å². The summed E-state index contributed by atoms with van der Waals surface area (Å²) in [5, 5.41) is 7.62. The van der Waals surface area contributed by atoms with E-state index in [9.17, 15) is 0 Å². The average molecular weight is 217 g/mol. The van der Waals surface area contributed by atoms with Gasteiger partial charge in [-0.2, -0.15) is 0 Å². The average Bonchev–Trinajstić information content (AvgIpc) is 2.30. The number of aryl methyl sites for hydroxylation is 1. The van der Waals surface area contributed by atoms with Gasteiger partial charge in [-0.05, 0) is 43.9 Å². The van der Waals surface area contributed by atoms with E-state index < -0.39 is 0 Å². The summed E-state index contributed by atoms with van der Waals surface area (Å²) in [7, 11) is 1.69. The van der Waals surface area contributed by atoms with E-state index in [0.717, 1.165) is 24.2 Å². The van der Waals surface area contributed by atoms with Crippen LogP contribution in [0, 0.1) is 5.41 Å². The van der Waals surface area contributed by atoms with Gasteiger partial charge in [0.15, 0.2) is 0 Å². The Morgan fingerprint density at radius 2 is 2.06 bits per heavy atom. The number of methoxy groups -OCH3 is 1. The smallest absolute Gasteiger partial charge is 0.122 e. The highest BCUT2D eigenvalue weighted by molar-refractivity contribution is 5.95. The Morgan fingerprint density at radius 3 is 2.62 bits per heavy atom. The number of ether oxygens (including phenoxy) is 1. The fourth-order valence-corrected chi connectivity index (χ4v) is 1.73. The minimum Gasteiger partial charge on any atom is -0.496 e. The number of benzene rings is 1. The van der Waals surface area contributed by atoms with Gasteiger partial charge in [-0.15, -0.1) is 0 Å². The summed E-state index contributed by atoms with van der Waals surface area (Å²) >= 11 is 0. The number of rotatable bonds is 5. The van der Waals surface area contributed by atoms with Gasteiger partial charge in [0.05, 0.1) is 7.11 Å². The molecule has 2 nitrogen and oxygen atoms in total. The van der Waals surface area contributed by atoms with Crippen LogP contribution in [-0.4, -0.2) is 12.8 Å². The van der Waals surface area contributed by atoms with Crippen molar-refractivity contribution in [2.45, 2.75) is 26.7 Å². The fraction of sp³-hybridized carbons (Fsp3) is 0.357. The zero-order valence-corrected chi connectivity index (χ0v) is 10.2. The molecule has 0 fully saturated rings. The molecule has 1 rings (SSSR count). The van der Waals surface area contributed by atoms with E-state index in [2.05, 4.69) is 6.07 Å². The van der Waals surface area contributed by atoms with Crippen molar-refractivity contribution in [1.29, 1.82) is 5.41 Å². The van der Waals surface area contributed by atoms with Crippen LogP contribution >= 0.6 is 0 Å². The molecule has 0 bridgehead atoms. The number of hydrogen-bond donors (Lipinski definition) is 1. The third-order valence-electron chi connectivity index (χ3n) is 2.69. The molecule has 1 aromatic carbocycles. The molecule has 1 N–H and O–H groups in total. The maximum Gasteiger partial charge on any atom is 0.122 e. The van der Waals surface area contributed by atoms with Gasteiger partial charge >= 0.3 is 0 Å². The molecule has 0 aromatic heterocycles. The molecular weight excluding hydrogens is 198 g/mol. The highest BCUT2D eigenvalue weighted by Crippen LogP contribution is 2.20. The first kappa shape index (κ1) is 12.5. The van der Waals surface area contributed by atoms with E-state index in [1.54, 1.807) is 7.11 Å². The maximum absolute atomic E-state index is 7.62. The molecule has 16 heavy (non-hydrogen) atoms. The largest absolute Gasteiger partial charge is 0.496 e. The maximum atomic E-state index is 7.62. The summed E-state index contributed by atoms with van der Waals surface area (Å²) in [5.41, 5.74) is 2.95. The number of nitrogens with one attached hydrogen (secondary N) is 1. The van der Waals surface area contributed by atoms with Crippen LogP contribution in [0.25, 0.3) is 0 Å². The molecule has 0 saturated carbocycles. The first-order valence-corrected chi connectivity index (χ1v) is 5.51. The van der Waals surface area contributed by atoms with Gasteiger partial charge in [0.25, 0.3) is 0 Å². The predicted octanol–water partition coefficient (Wildman–Crippen LogP) is 3.61. The third-order valence-corrected chi connectivity index (χ3v) is 2.69. The topological polar surface area (TPSA) is 33.1 Å². The highest BCUT2D eigenvalue weighted by Gasteiger charge is 2.04. The second-order valence-electron chi connectivity index (χ2n) is 3.75. The minimum atomic E-state index is 0.650. The molecule has 0 amide bonds. The Kier molecular flexibility index (Phi) is 4.77. The van der Waals surface area contributed by atoms with Gasteiger partial charge in [-0.1, -0.05) is 24.3 Å². The molecule has 0 aliphatic rings. The second kappa shape index (κ2) is 6.11. The number of allylic oxidation sites excluding steroid dienone is 2. The molecule has 0 saturated heterocycles. The third kappa shape index (κ3) is 3.23. The van der Waals surface area contributed by atoms with E-state index in [-0.39, 0.29) is 0 Å². The number of hydrogen-bond acceptors (Lipinski definition) is 2. The summed E-state index contributed by atoms with van der Waals surface area (Å²) in [6.45, 7) is 3.81. The van der Waals surface area contributed by atoms with Gasteiger partial charge in [-0.25, -0.2) is 0 Å². The molecule has 1 aromatic rings. The Labute approximate surface area is 97.5 Å². The molecule has 0 unspecified atom stereocenters. The van der Waals surface area contributed by atoms with Crippen molar-refractivity contribution < 1.29 is 4.74 Å². The standard InChI is InChI=1S/C14H19NO/c1-4-12(11(2)15)9-10-13-7-5-6-8-14(13)16-3/h4-8,15H,9-10H2,1-3H3/b12-4-,15-11?. The Hall–Kier alpha value is -1.57. The molecule has 0 spiro atoms. The lowest BCUT2D eigenvalue weighted by Crippen LogP contribution is -1.99. The van der Waals surface area contributed by atoms with Gasteiger partial charge in [0.1, 0.15) is 5.75 Å². The summed E-state index contributed by atoms with van der Waals surface area (Å²) in [5.74, 6) is 0.931. The van der Waals surface area contributed by atoms with Crippen LogP contribution in [0.3, 0.4) is 0 Å². The van der Waals surface area contributed by atoms with Crippen LogP contribution < -0.4 is 4.74 Å². The van der Waals surface area contributed by atoms with Crippen LogP contribution in [-0.2, 0) is 6.42 Å². The van der Waals surface area contributed by atoms with Gasteiger partial charge in [-0.3, -0.25) is 0 Å². The van der Waals surface area contributed by atoms with Crippen LogP contribution in [0.15, 0.2) is 35.9 Å². The number of para-hydroxylation sites is 1. The van der Waals surface area contributed by atoms with Crippen LogP contribution in [0.2, 0.25) is 0 Å². The van der Waals surface area contributed by atoms with E-state index >= 15 is 0 Å². The fourth-order valence-electron chi connectivity index (χ4n) is 1.73. The molecule has 86 valence electrons. The van der Waals surface area contributed by atoms with E-state index in [1.807, 2.05) is 38.1 Å². The monoisotopic (exact) mass is 217 g/mol. The van der Waals surface area contributed by atoms with Crippen molar-refractivity contribution in [2.75, 3.05) is 7.11 Å². The molecule has 0 heterocycles. The van der Waals surface area contributed by atoms with Crippen molar-refractivity contribution in [3.63, 3.8) is 0 Å². The molecule has 2 heteroatoms. The van der Waals surface area contributed by atoms with E-state index in [0.29, 0.717) is 5.71 Å². The summed E-state index contributed by atoms with van der Waals surface area (Å²) in [6, 6.07) is 8.04. The normalized spacial score (nSPS) is 11.3. The highest BCUT2D eigenvalue weighted by atomic mass is 16.5. The van der Waals surface area contributed by atoms with Crippen molar-refractivity contribution >= 4 is 5.71 Å². The molecule has 0 radical (unpaired) electrons. The van der Waals surface area contributed by atoms with Crippen LogP contribution in [0.4, 0.5) is 0 Å². The van der Waals surface area contributed by atoms with Gasteiger partial charge < -0.3 is 10.1 Å². The lowest BCUT2D eigenvalue weighted by atomic mass is 10.0. The van der Waals surface area contributed by atoms with Crippen LogP contribution in [0.1, 0.15) is 25.8 Å². The Bertz CT molecular complexity index is 393. The quantitative estimate of drug-likeness (QED) is 0.751. The lowest BCUT2D eigenvalue weighted by molar-refractivity contribution is 0.409.